The Bertz CT molecular complexity index is 249. The maximum Gasteiger partial charge on any atom is -0.0169 e. The van der Waals surface area contributed by atoms with E-state index in [1.165, 1.54) is 32.1 Å². The molecule has 0 N–H and O–H groups in total. The second kappa shape index (κ2) is 2.87. The molecule has 0 bridgehead atoms. The average Bonchev–Trinajstić information content (AvgIpc) is 2.64. The van der Waals surface area contributed by atoms with Gasteiger partial charge < -0.3 is 0 Å². The van der Waals surface area contributed by atoms with Crippen molar-refractivity contribution in [2.45, 2.75) is 51.9 Å². The fourth-order valence-corrected chi connectivity index (χ4v) is 3.82. The van der Waals surface area contributed by atoms with Gasteiger partial charge in [0.2, 0.25) is 0 Å². The van der Waals surface area contributed by atoms with Gasteiger partial charge in [0.1, 0.15) is 0 Å². The van der Waals surface area contributed by atoms with E-state index in [-0.39, 0.29) is 0 Å². The Kier molecular flexibility index (Phi) is 1.78. The summed E-state index contributed by atoms with van der Waals surface area (Å²) in [6.07, 6.45) is 10.3. The highest BCUT2D eigenvalue weighted by atomic mass is 14.5. The highest BCUT2D eigenvalue weighted by molar-refractivity contribution is 5.25. The molecule has 0 spiro atoms. The Hall–Kier alpha value is -0.260. The smallest absolute Gasteiger partial charge is 0.0169 e. The third kappa shape index (κ3) is 1.18. The second-order valence-electron chi connectivity index (χ2n) is 5.18. The Morgan fingerprint density at radius 1 is 1.23 bits per heavy atom. The van der Waals surface area contributed by atoms with Crippen molar-refractivity contribution in [2.75, 3.05) is 0 Å². The zero-order valence-electron chi connectivity index (χ0n) is 8.68. The van der Waals surface area contributed by atoms with E-state index < -0.39 is 0 Å². The minimum absolute atomic E-state index is 1.06. The van der Waals surface area contributed by atoms with Crippen molar-refractivity contribution in [1.82, 2.24) is 0 Å². The van der Waals surface area contributed by atoms with Gasteiger partial charge in [-0.15, -0.1) is 0 Å². The van der Waals surface area contributed by atoms with Crippen molar-refractivity contribution >= 4 is 0 Å². The van der Waals surface area contributed by atoms with E-state index in [0.717, 1.165) is 17.8 Å². The number of allylic oxidation sites excluding steroid dienone is 2. The van der Waals surface area contributed by atoms with Gasteiger partial charge in [0.05, 0.1) is 0 Å². The SMILES string of the molecule is CCC1=C(C2CCC3CC32)CCC1. The Morgan fingerprint density at radius 2 is 2.15 bits per heavy atom. The molecule has 0 heteroatoms. The lowest BCUT2D eigenvalue weighted by Gasteiger charge is -2.15. The van der Waals surface area contributed by atoms with Gasteiger partial charge in [0.15, 0.2) is 0 Å². The highest BCUT2D eigenvalue weighted by Gasteiger charge is 2.49. The van der Waals surface area contributed by atoms with E-state index in [0.29, 0.717) is 0 Å². The van der Waals surface area contributed by atoms with Gasteiger partial charge in [-0.3, -0.25) is 0 Å². The normalized spacial score (nSPS) is 42.7. The Morgan fingerprint density at radius 3 is 2.77 bits per heavy atom. The molecule has 0 nitrogen and oxygen atoms in total. The third-order valence-corrected chi connectivity index (χ3v) is 4.60. The fourth-order valence-electron chi connectivity index (χ4n) is 3.82. The van der Waals surface area contributed by atoms with E-state index in [1.54, 1.807) is 12.8 Å². The number of rotatable bonds is 2. The predicted octanol–water partition coefficient (Wildman–Crippen LogP) is 3.92. The molecule has 0 aliphatic heterocycles. The van der Waals surface area contributed by atoms with Crippen molar-refractivity contribution in [3.8, 4) is 0 Å². The van der Waals surface area contributed by atoms with E-state index in [4.69, 9.17) is 0 Å². The van der Waals surface area contributed by atoms with Gasteiger partial charge in [0, 0.05) is 0 Å². The zero-order chi connectivity index (χ0) is 8.84. The quantitative estimate of drug-likeness (QED) is 0.559. The van der Waals surface area contributed by atoms with Crippen LogP contribution in [0.5, 0.6) is 0 Å². The summed E-state index contributed by atoms with van der Waals surface area (Å²) in [5.41, 5.74) is 3.77. The molecule has 0 heterocycles. The first-order valence-electron chi connectivity index (χ1n) is 6.11. The first-order valence-corrected chi connectivity index (χ1v) is 6.11. The number of hydrogen-bond acceptors (Lipinski definition) is 0. The molecule has 0 aromatic carbocycles. The lowest BCUT2D eigenvalue weighted by Crippen LogP contribution is -2.03. The Balaban J connectivity index is 1.82. The molecule has 0 aromatic heterocycles. The molecule has 0 aromatic rings. The molecule has 2 fully saturated rings. The van der Waals surface area contributed by atoms with Crippen molar-refractivity contribution in [1.29, 1.82) is 0 Å². The maximum atomic E-state index is 2.35. The van der Waals surface area contributed by atoms with E-state index in [1.807, 2.05) is 11.1 Å². The maximum absolute atomic E-state index is 2.35. The summed E-state index contributed by atoms with van der Waals surface area (Å²) >= 11 is 0. The summed E-state index contributed by atoms with van der Waals surface area (Å²) in [6.45, 7) is 2.35. The van der Waals surface area contributed by atoms with Crippen molar-refractivity contribution < 1.29 is 0 Å². The summed E-state index contributed by atoms with van der Waals surface area (Å²) < 4.78 is 0. The van der Waals surface area contributed by atoms with Gasteiger partial charge in [0.25, 0.3) is 0 Å². The molecule has 3 aliphatic rings. The molecule has 3 rings (SSSR count). The van der Waals surface area contributed by atoms with Crippen LogP contribution in [0.15, 0.2) is 11.1 Å². The molecule has 2 saturated carbocycles. The highest BCUT2D eigenvalue weighted by Crippen LogP contribution is 2.59. The van der Waals surface area contributed by atoms with Crippen LogP contribution < -0.4 is 0 Å². The molecule has 3 unspecified atom stereocenters. The molecule has 72 valence electrons. The fraction of sp³-hybridized carbons (Fsp3) is 0.846. The van der Waals surface area contributed by atoms with Crippen molar-refractivity contribution in [3.63, 3.8) is 0 Å². The number of hydrogen-bond donors (Lipinski definition) is 0. The lowest BCUT2D eigenvalue weighted by atomic mass is 9.90. The predicted molar refractivity (Wildman–Crippen MR) is 55.5 cm³/mol. The summed E-state index contributed by atoms with van der Waals surface area (Å²) in [6, 6.07) is 0. The summed E-state index contributed by atoms with van der Waals surface area (Å²) in [5, 5.41) is 0. The van der Waals surface area contributed by atoms with Gasteiger partial charge in [-0.25, -0.2) is 0 Å². The van der Waals surface area contributed by atoms with E-state index in [9.17, 15) is 0 Å². The lowest BCUT2D eigenvalue weighted by molar-refractivity contribution is 0.540. The van der Waals surface area contributed by atoms with Gasteiger partial charge in [-0.2, -0.15) is 0 Å². The largest absolute Gasteiger partial charge is 0.0710 e. The Labute approximate surface area is 81.4 Å². The molecule has 3 aliphatic carbocycles. The molecular formula is C13H20. The minimum Gasteiger partial charge on any atom is -0.0710 e. The van der Waals surface area contributed by atoms with E-state index >= 15 is 0 Å². The molecular weight excluding hydrogens is 156 g/mol. The molecule has 0 saturated heterocycles. The monoisotopic (exact) mass is 176 g/mol. The zero-order valence-corrected chi connectivity index (χ0v) is 8.68. The van der Waals surface area contributed by atoms with E-state index in [2.05, 4.69) is 6.92 Å². The van der Waals surface area contributed by atoms with Crippen LogP contribution in [0.4, 0.5) is 0 Å². The van der Waals surface area contributed by atoms with Crippen molar-refractivity contribution in [3.05, 3.63) is 11.1 Å². The minimum atomic E-state index is 1.06. The van der Waals surface area contributed by atoms with Crippen LogP contribution in [0.25, 0.3) is 0 Å². The molecule has 0 amide bonds. The van der Waals surface area contributed by atoms with Crippen LogP contribution in [0.1, 0.15) is 51.9 Å². The third-order valence-electron chi connectivity index (χ3n) is 4.60. The van der Waals surface area contributed by atoms with Crippen LogP contribution in [0.3, 0.4) is 0 Å². The van der Waals surface area contributed by atoms with Crippen LogP contribution >= 0.6 is 0 Å². The van der Waals surface area contributed by atoms with Gasteiger partial charge in [-0.05, 0) is 62.7 Å². The van der Waals surface area contributed by atoms with Crippen LogP contribution in [-0.4, -0.2) is 0 Å². The molecule has 0 radical (unpaired) electrons. The van der Waals surface area contributed by atoms with Gasteiger partial charge >= 0.3 is 0 Å². The summed E-state index contributed by atoms with van der Waals surface area (Å²) in [4.78, 5) is 0. The van der Waals surface area contributed by atoms with Crippen LogP contribution in [0.2, 0.25) is 0 Å². The summed E-state index contributed by atoms with van der Waals surface area (Å²) in [7, 11) is 0. The van der Waals surface area contributed by atoms with Crippen molar-refractivity contribution in [2.24, 2.45) is 17.8 Å². The first kappa shape index (κ1) is 8.08. The van der Waals surface area contributed by atoms with Crippen LogP contribution in [0, 0.1) is 17.8 Å². The number of fused-ring (bicyclic) bond motifs is 1. The first-order chi connectivity index (χ1) is 6.40. The topological polar surface area (TPSA) is 0 Å². The second-order valence-corrected chi connectivity index (χ2v) is 5.18. The molecule has 3 atom stereocenters. The molecule has 13 heavy (non-hydrogen) atoms. The van der Waals surface area contributed by atoms with Gasteiger partial charge in [-0.1, -0.05) is 18.1 Å². The standard InChI is InChI=1S/C13H20/c1-2-9-4-3-5-11(9)12-7-6-10-8-13(10)12/h10,12-13H,2-8H2,1H3. The summed E-state index contributed by atoms with van der Waals surface area (Å²) in [5.74, 6) is 3.37. The van der Waals surface area contributed by atoms with Crippen LogP contribution in [-0.2, 0) is 0 Å². The average molecular weight is 176 g/mol.